The van der Waals surface area contributed by atoms with Crippen LogP contribution in [0.15, 0.2) is 36.4 Å². The van der Waals surface area contributed by atoms with Gasteiger partial charge in [0.15, 0.2) is 5.11 Å². The van der Waals surface area contributed by atoms with Crippen LogP contribution in [0.4, 0.5) is 15.8 Å². The Morgan fingerprint density at radius 3 is 2.25 bits per heavy atom. The first-order valence-electron chi connectivity index (χ1n) is 8.22. The predicted molar refractivity (Wildman–Crippen MR) is 105 cm³/mol. The molecule has 0 bridgehead atoms. The quantitative estimate of drug-likeness (QED) is 0.742. The maximum absolute atomic E-state index is 14.1. The Morgan fingerprint density at radius 1 is 1.07 bits per heavy atom. The number of methoxy groups -OCH3 is 1. The van der Waals surface area contributed by atoms with E-state index < -0.39 is 11.4 Å². The molecular weight excluding hydrogens is 379 g/mol. The Labute approximate surface area is 167 Å². The lowest BCUT2D eigenvalue weighted by molar-refractivity contribution is -0.120. The Balaban J connectivity index is 2.09. The van der Waals surface area contributed by atoms with E-state index in [0.717, 1.165) is 0 Å². The smallest absolute Gasteiger partial charge is 0.259 e. The molecule has 0 atom stereocenters. The summed E-state index contributed by atoms with van der Waals surface area (Å²) >= 11 is 5.53. The summed E-state index contributed by atoms with van der Waals surface area (Å²) in [7, 11) is 1.43. The zero-order valence-electron chi connectivity index (χ0n) is 15.4. The van der Waals surface area contributed by atoms with Crippen LogP contribution in [0.25, 0.3) is 0 Å². The molecule has 2 aromatic rings. The number of carbonyl (C=O) groups is 1. The van der Waals surface area contributed by atoms with Crippen molar-refractivity contribution in [1.29, 1.82) is 10.5 Å². The number of carbonyl (C=O) groups excluding carboxylic acids is 1. The van der Waals surface area contributed by atoms with E-state index in [-0.39, 0.29) is 16.6 Å². The van der Waals surface area contributed by atoms with Crippen molar-refractivity contribution in [2.75, 3.05) is 16.9 Å². The van der Waals surface area contributed by atoms with Crippen LogP contribution in [-0.4, -0.2) is 23.7 Å². The number of nitrogens with zero attached hydrogens (tertiary/aromatic N) is 4. The van der Waals surface area contributed by atoms with Gasteiger partial charge in [0.1, 0.15) is 29.2 Å². The maximum Gasteiger partial charge on any atom is 0.259 e. The van der Waals surface area contributed by atoms with Gasteiger partial charge >= 0.3 is 0 Å². The zero-order valence-corrected chi connectivity index (χ0v) is 16.2. The molecule has 1 aliphatic rings. The van der Waals surface area contributed by atoms with Crippen LogP contribution in [-0.2, 0) is 4.79 Å². The monoisotopic (exact) mass is 394 g/mol. The van der Waals surface area contributed by atoms with Gasteiger partial charge in [0, 0.05) is 11.8 Å². The number of nitriles is 2. The van der Waals surface area contributed by atoms with Gasteiger partial charge in [0.25, 0.3) is 5.91 Å². The second-order valence-electron chi connectivity index (χ2n) is 6.59. The van der Waals surface area contributed by atoms with E-state index in [9.17, 15) is 9.18 Å². The van der Waals surface area contributed by atoms with Crippen LogP contribution in [0, 0.1) is 28.5 Å². The van der Waals surface area contributed by atoms with Gasteiger partial charge in [-0.1, -0.05) is 0 Å². The molecule has 0 radical (unpaired) electrons. The lowest BCUT2D eigenvalue weighted by Gasteiger charge is -2.29. The molecule has 3 rings (SSSR count). The third kappa shape index (κ3) is 2.84. The van der Waals surface area contributed by atoms with Crippen LogP contribution in [0.5, 0.6) is 5.75 Å². The predicted octanol–water partition coefficient (Wildman–Crippen LogP) is 3.49. The molecule has 0 spiro atoms. The van der Waals surface area contributed by atoms with Gasteiger partial charge in [-0.2, -0.15) is 10.5 Å². The van der Waals surface area contributed by atoms with Crippen LogP contribution in [0.2, 0.25) is 0 Å². The summed E-state index contributed by atoms with van der Waals surface area (Å²) in [6, 6.07) is 12.6. The highest BCUT2D eigenvalue weighted by atomic mass is 32.1. The molecule has 1 amide bonds. The molecule has 1 heterocycles. The van der Waals surface area contributed by atoms with Crippen LogP contribution < -0.4 is 14.5 Å². The molecule has 6 nitrogen and oxygen atoms in total. The molecule has 0 saturated carbocycles. The van der Waals surface area contributed by atoms with Crippen molar-refractivity contribution in [3.05, 3.63) is 53.3 Å². The summed E-state index contributed by atoms with van der Waals surface area (Å²) in [5.74, 6) is -0.685. The molecule has 2 aromatic carbocycles. The normalized spacial score (nSPS) is 15.4. The van der Waals surface area contributed by atoms with Crippen molar-refractivity contribution in [2.24, 2.45) is 0 Å². The molecule has 140 valence electrons. The minimum atomic E-state index is -1.08. The number of amides is 1. The fraction of sp³-hybridized carbons (Fsp3) is 0.200. The van der Waals surface area contributed by atoms with E-state index in [2.05, 4.69) is 0 Å². The zero-order chi connectivity index (χ0) is 20.6. The maximum atomic E-state index is 14.1. The summed E-state index contributed by atoms with van der Waals surface area (Å²) < 4.78 is 19.4. The summed E-state index contributed by atoms with van der Waals surface area (Å²) in [5, 5.41) is 18.2. The molecule has 0 aromatic heterocycles. The van der Waals surface area contributed by atoms with E-state index in [1.807, 2.05) is 6.07 Å². The number of hydrogen-bond donors (Lipinski definition) is 0. The van der Waals surface area contributed by atoms with Gasteiger partial charge in [0.2, 0.25) is 0 Å². The first-order valence-corrected chi connectivity index (χ1v) is 8.63. The number of thiocarbonyl (C=S) groups is 1. The van der Waals surface area contributed by atoms with Gasteiger partial charge in [-0.25, -0.2) is 4.39 Å². The molecule has 1 saturated heterocycles. The van der Waals surface area contributed by atoms with Gasteiger partial charge in [-0.05, 0) is 56.4 Å². The van der Waals surface area contributed by atoms with Crippen molar-refractivity contribution in [1.82, 2.24) is 0 Å². The SMILES string of the molecule is COc1cc(N2C(=O)C(C)(C)N(c3ccc(C#N)c(F)c3)C2=S)ccc1C#N. The number of rotatable bonds is 3. The Bertz CT molecular complexity index is 1080. The van der Waals surface area contributed by atoms with E-state index in [4.69, 9.17) is 27.5 Å². The summed E-state index contributed by atoms with van der Waals surface area (Å²) in [4.78, 5) is 16.0. The van der Waals surface area contributed by atoms with Crippen molar-refractivity contribution in [2.45, 2.75) is 19.4 Å². The Kier molecular flexibility index (Phi) is 4.76. The summed E-state index contributed by atoms with van der Waals surface area (Å²) in [6.07, 6.45) is 0. The van der Waals surface area contributed by atoms with Crippen molar-refractivity contribution < 1.29 is 13.9 Å². The molecule has 0 N–H and O–H groups in total. The molecule has 0 aliphatic carbocycles. The highest BCUT2D eigenvalue weighted by Crippen LogP contribution is 2.38. The molecular formula is C20H15FN4O2S. The van der Waals surface area contributed by atoms with E-state index in [1.54, 1.807) is 49.1 Å². The minimum Gasteiger partial charge on any atom is -0.495 e. The summed E-state index contributed by atoms with van der Waals surface area (Å²) in [6.45, 7) is 3.36. The third-order valence-corrected chi connectivity index (χ3v) is 4.93. The lowest BCUT2D eigenvalue weighted by Crippen LogP contribution is -2.44. The number of halogens is 1. The van der Waals surface area contributed by atoms with E-state index >= 15 is 0 Å². The standard InChI is InChI=1S/C20H15FN4O2S/c1-20(2)18(26)24(14-6-5-13(11-23)17(9-14)27-3)19(28)25(20)15-7-4-12(10-22)16(21)8-15/h4-9H,1-3H3. The Morgan fingerprint density at radius 2 is 1.68 bits per heavy atom. The van der Waals surface area contributed by atoms with Crippen LogP contribution in [0.1, 0.15) is 25.0 Å². The van der Waals surface area contributed by atoms with Gasteiger partial charge in [0.05, 0.1) is 23.9 Å². The topological polar surface area (TPSA) is 80.4 Å². The molecule has 0 unspecified atom stereocenters. The Hall–Kier alpha value is -3.49. The van der Waals surface area contributed by atoms with Gasteiger partial charge in [-0.3, -0.25) is 9.69 Å². The average molecular weight is 394 g/mol. The van der Waals surface area contributed by atoms with Crippen molar-refractivity contribution in [3.63, 3.8) is 0 Å². The summed E-state index contributed by atoms with van der Waals surface area (Å²) in [5.41, 5.74) is -0.0435. The molecule has 8 heteroatoms. The second kappa shape index (κ2) is 6.91. The highest BCUT2D eigenvalue weighted by molar-refractivity contribution is 7.81. The molecule has 1 aliphatic heterocycles. The number of hydrogen-bond acceptors (Lipinski definition) is 5. The first-order chi connectivity index (χ1) is 13.3. The fourth-order valence-corrected chi connectivity index (χ4v) is 3.62. The van der Waals surface area contributed by atoms with Crippen LogP contribution in [0.3, 0.4) is 0 Å². The van der Waals surface area contributed by atoms with Crippen molar-refractivity contribution in [3.8, 4) is 17.9 Å². The molecule has 28 heavy (non-hydrogen) atoms. The molecule has 1 fully saturated rings. The van der Waals surface area contributed by atoms with Crippen LogP contribution >= 0.6 is 12.2 Å². The van der Waals surface area contributed by atoms with E-state index in [0.29, 0.717) is 22.7 Å². The minimum absolute atomic E-state index is 0.0910. The van der Waals surface area contributed by atoms with Gasteiger partial charge in [-0.15, -0.1) is 0 Å². The second-order valence-corrected chi connectivity index (χ2v) is 6.96. The number of ether oxygens (including phenoxy) is 1. The van der Waals surface area contributed by atoms with E-state index in [1.165, 1.54) is 24.1 Å². The number of benzene rings is 2. The largest absolute Gasteiger partial charge is 0.495 e. The highest BCUT2D eigenvalue weighted by Gasteiger charge is 2.50. The third-order valence-electron chi connectivity index (χ3n) is 4.56. The fourth-order valence-electron chi connectivity index (χ4n) is 3.10. The van der Waals surface area contributed by atoms with Gasteiger partial charge < -0.3 is 9.64 Å². The number of anilines is 2. The average Bonchev–Trinajstić information content (AvgIpc) is 2.85. The van der Waals surface area contributed by atoms with Crippen molar-refractivity contribution >= 4 is 34.6 Å². The first kappa shape index (κ1) is 19.3. The lowest BCUT2D eigenvalue weighted by atomic mass is 10.0.